The van der Waals surface area contributed by atoms with Crippen molar-refractivity contribution >= 4 is 64.1 Å². The Morgan fingerprint density at radius 1 is 0.724 bits per heavy atom. The molecule has 0 aliphatic rings. The number of nitrogens with one attached hydrogen (secondary N) is 6. The molecule has 12 N–H and O–H groups in total. The van der Waals surface area contributed by atoms with E-state index in [4.69, 9.17) is 16.6 Å². The van der Waals surface area contributed by atoms with Gasteiger partial charge in [-0.1, -0.05) is 72.6 Å². The van der Waals surface area contributed by atoms with Gasteiger partial charge in [-0.15, -0.1) is 0 Å². The van der Waals surface area contributed by atoms with E-state index in [1.165, 1.54) is 20.8 Å². The molecule has 0 radical (unpaired) electrons. The van der Waals surface area contributed by atoms with Gasteiger partial charge in [0, 0.05) is 30.4 Å². The minimum atomic E-state index is -2.06. The predicted octanol–water partition coefficient (Wildman–Crippen LogP) is -0.676. The third-order valence-corrected chi connectivity index (χ3v) is 9.86. The lowest BCUT2D eigenvalue weighted by Crippen LogP contribution is -2.62. The van der Waals surface area contributed by atoms with Crippen molar-refractivity contribution in [3.63, 3.8) is 0 Å². The molecule has 8 atom stereocenters. The number of nitrogens with two attached hydrogens (primary N) is 2. The van der Waals surface area contributed by atoms with Crippen LogP contribution in [0.1, 0.15) is 79.7 Å². The number of nitrogens with zero attached hydrogens (tertiary/aromatic N) is 1. The van der Waals surface area contributed by atoms with Crippen molar-refractivity contribution in [2.24, 2.45) is 29.2 Å². The predicted molar refractivity (Wildman–Crippen MR) is 209 cm³/mol. The summed E-state index contributed by atoms with van der Waals surface area (Å²) in [5.74, 6) is -10.8. The van der Waals surface area contributed by atoms with E-state index in [-0.39, 0.29) is 17.4 Å². The third-order valence-electron chi connectivity index (χ3n) is 9.86. The van der Waals surface area contributed by atoms with Crippen molar-refractivity contribution in [3.8, 4) is 0 Å². The number of benzene rings is 1. The highest BCUT2D eigenvalue weighted by molar-refractivity contribution is 5.98. The summed E-state index contributed by atoms with van der Waals surface area (Å²) < 4.78 is 0. The lowest BCUT2D eigenvalue weighted by atomic mass is 9.94. The molecule has 0 aliphatic carbocycles. The van der Waals surface area contributed by atoms with Crippen LogP contribution in [0.2, 0.25) is 0 Å². The van der Waals surface area contributed by atoms with Crippen LogP contribution in [0, 0.1) is 17.8 Å². The zero-order valence-electron chi connectivity index (χ0n) is 33.8. The van der Waals surface area contributed by atoms with Gasteiger partial charge in [0.15, 0.2) is 0 Å². The summed E-state index contributed by atoms with van der Waals surface area (Å²) in [6, 6.07) is -2.05. The zero-order valence-corrected chi connectivity index (χ0v) is 33.8. The van der Waals surface area contributed by atoms with Gasteiger partial charge in [-0.2, -0.15) is 0 Å². The van der Waals surface area contributed by atoms with Gasteiger partial charge >= 0.3 is 5.97 Å². The molecule has 1 aromatic carbocycles. The van der Waals surface area contributed by atoms with Crippen LogP contribution in [0.4, 0.5) is 0 Å². The van der Waals surface area contributed by atoms with Crippen LogP contribution in [-0.2, 0) is 49.6 Å². The molecule has 320 valence electrons. The summed E-state index contributed by atoms with van der Waals surface area (Å²) in [6.45, 7) is 11.3. The first kappa shape index (κ1) is 48.1. The standard InChI is InChI=1S/C38H57N9O11/c1-8-19(5)31(42-21(7)48)37(56)46-32(20(6)9-2)36(55)44-26(14-22-17-41-24-13-11-10-12-23(22)24)38(57)47(58)27(16-28(39)49)34(53)45-30(18(3)4)35(54)43-25(33(40)52)15-29(50)51/h10-13,17-20,25-27,30-32,41,58H,8-9,14-16H2,1-7H3,(H2,39,49)(H2,40,52)(H,42,48)(H,43,54)(H,44,55)(H,45,53)(H,46,56)(H,50,51)/t19-,20-,25-,26-,27-,30-,31-,32-/m0/s1. The Hall–Kier alpha value is -6.05. The number of aromatic nitrogens is 1. The first-order valence-corrected chi connectivity index (χ1v) is 19.0. The Bertz CT molecular complexity index is 1830. The molecule has 20 heteroatoms. The number of aromatic amines is 1. The molecule has 0 saturated carbocycles. The molecular weight excluding hydrogens is 758 g/mol. The largest absolute Gasteiger partial charge is 0.481 e. The molecule has 0 spiro atoms. The number of amides is 8. The van der Waals surface area contributed by atoms with Crippen LogP contribution >= 0.6 is 0 Å². The summed E-state index contributed by atoms with van der Waals surface area (Å²) >= 11 is 0. The number of carbonyl (C=O) groups excluding carboxylic acids is 8. The highest BCUT2D eigenvalue weighted by Gasteiger charge is 2.40. The Labute approximate surface area is 335 Å². The number of carboxylic acid groups (broad SMARTS) is 1. The van der Waals surface area contributed by atoms with E-state index in [9.17, 15) is 48.4 Å². The number of fused-ring (bicyclic) bond motifs is 1. The van der Waals surface area contributed by atoms with E-state index in [1.54, 1.807) is 51.2 Å². The van der Waals surface area contributed by atoms with Gasteiger partial charge in [0.25, 0.3) is 5.91 Å². The number of H-pyrrole nitrogens is 1. The van der Waals surface area contributed by atoms with Gasteiger partial charge in [-0.25, -0.2) is 5.06 Å². The fraction of sp³-hybridized carbons (Fsp3) is 0.553. The molecule has 58 heavy (non-hydrogen) atoms. The maximum atomic E-state index is 14.3. The van der Waals surface area contributed by atoms with Gasteiger partial charge in [-0.3, -0.25) is 48.4 Å². The topological polar surface area (TPSA) is 325 Å². The van der Waals surface area contributed by atoms with E-state index in [2.05, 4.69) is 31.6 Å². The minimum Gasteiger partial charge on any atom is -0.481 e. The Kier molecular flexibility index (Phi) is 18.3. The normalized spacial score (nSPS) is 15.3. The number of primary amides is 2. The molecule has 0 bridgehead atoms. The maximum Gasteiger partial charge on any atom is 0.305 e. The SMILES string of the molecule is CC[C@H](C)[C@H](NC(C)=O)C(=O)N[C@H](C(=O)N[C@@H](Cc1c[nH]c2ccccc12)C(=O)N(O)[C@@H](CC(N)=O)C(=O)N[C@H](C(=O)N[C@@H](CC(=O)O)C(N)=O)C(C)C)[C@@H](C)CC. The second-order valence-electron chi connectivity index (χ2n) is 14.7. The summed E-state index contributed by atoms with van der Waals surface area (Å²) in [6.07, 6.45) is 0.411. The molecule has 0 saturated heterocycles. The lowest BCUT2D eigenvalue weighted by Gasteiger charge is -2.32. The molecule has 0 aliphatic heterocycles. The molecule has 0 unspecified atom stereocenters. The molecule has 1 heterocycles. The second-order valence-corrected chi connectivity index (χ2v) is 14.7. The van der Waals surface area contributed by atoms with Gasteiger partial charge < -0.3 is 48.1 Å². The van der Waals surface area contributed by atoms with Crippen molar-refractivity contribution in [1.82, 2.24) is 36.6 Å². The highest BCUT2D eigenvalue weighted by Crippen LogP contribution is 2.21. The fourth-order valence-electron chi connectivity index (χ4n) is 6.09. The number of hydrogen-bond acceptors (Lipinski definition) is 10. The van der Waals surface area contributed by atoms with E-state index in [0.29, 0.717) is 29.3 Å². The first-order chi connectivity index (χ1) is 27.1. The van der Waals surface area contributed by atoms with Crippen LogP contribution in [0.3, 0.4) is 0 Å². The number of hydroxylamine groups is 2. The van der Waals surface area contributed by atoms with Crippen molar-refractivity contribution in [3.05, 3.63) is 36.0 Å². The molecule has 2 aromatic rings. The minimum absolute atomic E-state index is 0.0710. The van der Waals surface area contributed by atoms with Gasteiger partial charge in [-0.05, 0) is 29.4 Å². The van der Waals surface area contributed by atoms with E-state index >= 15 is 0 Å². The average molecular weight is 816 g/mol. The Morgan fingerprint density at radius 3 is 1.76 bits per heavy atom. The smallest absolute Gasteiger partial charge is 0.305 e. The quantitative estimate of drug-likeness (QED) is 0.0495. The van der Waals surface area contributed by atoms with E-state index in [1.807, 2.05) is 6.92 Å². The number of para-hydroxylation sites is 1. The first-order valence-electron chi connectivity index (χ1n) is 19.0. The number of hydrogen-bond donors (Lipinski definition) is 10. The van der Waals surface area contributed by atoms with Crippen molar-refractivity contribution in [1.29, 1.82) is 0 Å². The van der Waals surface area contributed by atoms with Gasteiger partial charge in [0.2, 0.25) is 41.4 Å². The molecular formula is C38H57N9O11. The number of rotatable bonds is 23. The van der Waals surface area contributed by atoms with Gasteiger partial charge in [0.1, 0.15) is 36.3 Å². The molecule has 0 fully saturated rings. The molecule has 8 amide bonds. The van der Waals surface area contributed by atoms with Crippen molar-refractivity contribution in [2.45, 2.75) is 117 Å². The highest BCUT2D eigenvalue weighted by atomic mass is 16.5. The molecule has 1 aromatic heterocycles. The summed E-state index contributed by atoms with van der Waals surface area (Å²) in [4.78, 5) is 119. The fourth-order valence-corrected chi connectivity index (χ4v) is 6.09. The monoisotopic (exact) mass is 815 g/mol. The zero-order chi connectivity index (χ0) is 44.0. The van der Waals surface area contributed by atoms with Crippen LogP contribution in [-0.4, -0.2) is 110 Å². The van der Waals surface area contributed by atoms with Gasteiger partial charge in [0.05, 0.1) is 12.8 Å². The summed E-state index contributed by atoms with van der Waals surface area (Å²) in [5, 5.41) is 33.6. The Balaban J connectivity index is 2.56. The molecule has 2 rings (SSSR count). The van der Waals surface area contributed by atoms with Crippen LogP contribution < -0.4 is 38.1 Å². The second kappa shape index (κ2) is 22.0. The number of aliphatic carboxylic acids is 1. The van der Waals surface area contributed by atoms with E-state index in [0.717, 1.165) is 0 Å². The number of carbonyl (C=O) groups is 9. The lowest BCUT2D eigenvalue weighted by molar-refractivity contribution is -0.183. The average Bonchev–Trinajstić information content (AvgIpc) is 3.56. The number of carboxylic acids is 1. The molecule has 20 nitrogen and oxygen atoms in total. The summed E-state index contributed by atoms with van der Waals surface area (Å²) in [5.41, 5.74) is 11.8. The van der Waals surface area contributed by atoms with Crippen LogP contribution in [0.25, 0.3) is 10.9 Å². The van der Waals surface area contributed by atoms with Crippen LogP contribution in [0.15, 0.2) is 30.5 Å². The van der Waals surface area contributed by atoms with Crippen molar-refractivity contribution < 1.29 is 53.5 Å². The third kappa shape index (κ3) is 13.6. The maximum absolute atomic E-state index is 14.3. The summed E-state index contributed by atoms with van der Waals surface area (Å²) in [7, 11) is 0. The van der Waals surface area contributed by atoms with Crippen LogP contribution in [0.5, 0.6) is 0 Å². The Morgan fingerprint density at radius 2 is 1.24 bits per heavy atom. The van der Waals surface area contributed by atoms with Crippen molar-refractivity contribution in [2.75, 3.05) is 0 Å². The van der Waals surface area contributed by atoms with E-state index < -0.39 is 114 Å².